The van der Waals surface area contributed by atoms with Gasteiger partial charge in [0.15, 0.2) is 0 Å². The van der Waals surface area contributed by atoms with Crippen LogP contribution in [0.5, 0.6) is 0 Å². The molecule has 8 heteroatoms. The molecule has 3 fully saturated rings. The Bertz CT molecular complexity index is 883. The van der Waals surface area contributed by atoms with Crippen molar-refractivity contribution in [2.24, 2.45) is 5.41 Å². The lowest BCUT2D eigenvalue weighted by Crippen LogP contribution is -2.51. The average molecular weight is 428 g/mol. The smallest absolute Gasteiger partial charge is 0.319 e. The SMILES string of the molecule is CC[C@]1(C(=O)NCCN2CCN(C)C2=O)C[C@H]2CC[C@@H]1N2C(=O)c1cc(C)nc(C)c1. The summed E-state index contributed by atoms with van der Waals surface area (Å²) < 4.78 is 0. The molecule has 8 nitrogen and oxygen atoms in total. The summed E-state index contributed by atoms with van der Waals surface area (Å²) in [5, 5.41) is 3.08. The maximum Gasteiger partial charge on any atom is 0.319 e. The summed E-state index contributed by atoms with van der Waals surface area (Å²) in [6.45, 7) is 8.21. The molecule has 2 bridgehead atoms. The number of aryl methyl sites for hydroxylation is 2. The second kappa shape index (κ2) is 8.13. The average Bonchev–Trinajstić information content (AvgIpc) is 3.39. The highest BCUT2D eigenvalue weighted by Gasteiger charge is 2.60. The second-order valence-electron chi connectivity index (χ2n) is 9.26. The Morgan fingerprint density at radius 3 is 2.52 bits per heavy atom. The summed E-state index contributed by atoms with van der Waals surface area (Å²) in [5.74, 6) is 0.0250. The fourth-order valence-corrected chi connectivity index (χ4v) is 5.77. The summed E-state index contributed by atoms with van der Waals surface area (Å²) in [4.78, 5) is 48.6. The van der Waals surface area contributed by atoms with Crippen molar-refractivity contribution in [2.75, 3.05) is 33.2 Å². The molecule has 1 N–H and O–H groups in total. The summed E-state index contributed by atoms with van der Waals surface area (Å²) in [5.41, 5.74) is 1.76. The zero-order valence-corrected chi connectivity index (χ0v) is 19.0. The van der Waals surface area contributed by atoms with E-state index in [1.165, 1.54) is 0 Å². The van der Waals surface area contributed by atoms with E-state index in [2.05, 4.69) is 10.3 Å². The van der Waals surface area contributed by atoms with Crippen molar-refractivity contribution < 1.29 is 14.4 Å². The molecule has 0 aromatic carbocycles. The van der Waals surface area contributed by atoms with Gasteiger partial charge >= 0.3 is 6.03 Å². The van der Waals surface area contributed by atoms with Gasteiger partial charge in [0.05, 0.1) is 5.41 Å². The van der Waals surface area contributed by atoms with E-state index < -0.39 is 5.41 Å². The van der Waals surface area contributed by atoms with Gasteiger partial charge in [0, 0.05) is 62.3 Å². The number of pyridine rings is 1. The van der Waals surface area contributed by atoms with Gasteiger partial charge in [0.25, 0.3) is 5.91 Å². The number of amides is 4. The van der Waals surface area contributed by atoms with Crippen molar-refractivity contribution in [1.29, 1.82) is 0 Å². The Morgan fingerprint density at radius 2 is 1.90 bits per heavy atom. The number of hydrogen-bond acceptors (Lipinski definition) is 4. The Balaban J connectivity index is 1.46. The maximum atomic E-state index is 13.4. The highest BCUT2D eigenvalue weighted by molar-refractivity contribution is 5.96. The van der Waals surface area contributed by atoms with E-state index in [-0.39, 0.29) is 29.9 Å². The molecule has 3 atom stereocenters. The topological polar surface area (TPSA) is 85.9 Å². The van der Waals surface area contributed by atoms with E-state index in [0.717, 1.165) is 30.8 Å². The first-order valence-electron chi connectivity index (χ1n) is 11.3. The van der Waals surface area contributed by atoms with Gasteiger partial charge in [-0.3, -0.25) is 14.6 Å². The van der Waals surface area contributed by atoms with Gasteiger partial charge in [-0.05, 0) is 51.7 Å². The number of likely N-dealkylation sites (N-methyl/N-ethyl adjacent to an activating group) is 1. The number of urea groups is 1. The van der Waals surface area contributed by atoms with Crippen molar-refractivity contribution in [3.8, 4) is 0 Å². The summed E-state index contributed by atoms with van der Waals surface area (Å²) in [7, 11) is 1.79. The fourth-order valence-electron chi connectivity index (χ4n) is 5.77. The number of carbonyl (C=O) groups excluding carboxylic acids is 3. The van der Waals surface area contributed by atoms with Crippen LogP contribution >= 0.6 is 0 Å². The quantitative estimate of drug-likeness (QED) is 0.752. The molecule has 4 amide bonds. The molecule has 0 radical (unpaired) electrons. The first-order chi connectivity index (χ1) is 14.8. The van der Waals surface area contributed by atoms with Gasteiger partial charge < -0.3 is 20.0 Å². The van der Waals surface area contributed by atoms with Crippen molar-refractivity contribution in [2.45, 2.75) is 58.5 Å². The van der Waals surface area contributed by atoms with Crippen LogP contribution in [-0.4, -0.2) is 82.8 Å². The molecule has 4 rings (SSSR count). The van der Waals surface area contributed by atoms with Crippen LogP contribution < -0.4 is 5.32 Å². The van der Waals surface area contributed by atoms with Crippen LogP contribution in [0.25, 0.3) is 0 Å². The molecule has 0 aliphatic carbocycles. The van der Waals surface area contributed by atoms with Crippen LogP contribution in [0.15, 0.2) is 12.1 Å². The number of aromatic nitrogens is 1. The van der Waals surface area contributed by atoms with Gasteiger partial charge in [0.2, 0.25) is 5.91 Å². The van der Waals surface area contributed by atoms with Crippen LogP contribution in [0.4, 0.5) is 4.79 Å². The van der Waals surface area contributed by atoms with Crippen LogP contribution in [0.2, 0.25) is 0 Å². The predicted molar refractivity (Wildman–Crippen MR) is 117 cm³/mol. The molecule has 3 aliphatic heterocycles. The number of carbonyl (C=O) groups is 3. The third-order valence-corrected chi connectivity index (χ3v) is 7.36. The molecule has 3 saturated heterocycles. The zero-order chi connectivity index (χ0) is 22.3. The summed E-state index contributed by atoms with van der Waals surface area (Å²) in [6, 6.07) is 3.71. The van der Waals surface area contributed by atoms with E-state index in [9.17, 15) is 14.4 Å². The minimum absolute atomic E-state index is 0.00919. The number of rotatable bonds is 6. The number of hydrogen-bond donors (Lipinski definition) is 1. The minimum Gasteiger partial charge on any atom is -0.354 e. The lowest BCUT2D eigenvalue weighted by atomic mass is 9.71. The number of nitrogens with one attached hydrogen (secondary N) is 1. The molecule has 3 aliphatic rings. The normalized spacial score (nSPS) is 27.4. The molecule has 168 valence electrons. The molecule has 31 heavy (non-hydrogen) atoms. The summed E-state index contributed by atoms with van der Waals surface area (Å²) >= 11 is 0. The fraction of sp³-hybridized carbons (Fsp3) is 0.652. The van der Waals surface area contributed by atoms with Gasteiger partial charge in [-0.2, -0.15) is 0 Å². The molecular formula is C23H33N5O3. The number of nitrogens with zero attached hydrogens (tertiary/aromatic N) is 4. The second-order valence-corrected chi connectivity index (χ2v) is 9.26. The van der Waals surface area contributed by atoms with E-state index in [4.69, 9.17) is 0 Å². The van der Waals surface area contributed by atoms with Crippen molar-refractivity contribution >= 4 is 17.8 Å². The number of fused-ring (bicyclic) bond motifs is 2. The van der Waals surface area contributed by atoms with Gasteiger partial charge in [-0.15, -0.1) is 0 Å². The highest BCUT2D eigenvalue weighted by Crippen LogP contribution is 2.52. The Kier molecular flexibility index (Phi) is 5.66. The molecule has 0 spiro atoms. The molecule has 0 saturated carbocycles. The largest absolute Gasteiger partial charge is 0.354 e. The Labute approximate surface area is 184 Å². The van der Waals surface area contributed by atoms with Crippen molar-refractivity contribution in [1.82, 2.24) is 25.0 Å². The van der Waals surface area contributed by atoms with E-state index in [0.29, 0.717) is 38.0 Å². The van der Waals surface area contributed by atoms with Crippen LogP contribution in [0.3, 0.4) is 0 Å². The van der Waals surface area contributed by atoms with Crippen molar-refractivity contribution in [3.63, 3.8) is 0 Å². The maximum absolute atomic E-state index is 13.4. The third kappa shape index (κ3) is 3.66. The van der Waals surface area contributed by atoms with Crippen molar-refractivity contribution in [3.05, 3.63) is 29.1 Å². The first kappa shape index (κ1) is 21.6. The van der Waals surface area contributed by atoms with Crippen LogP contribution in [-0.2, 0) is 4.79 Å². The highest BCUT2D eigenvalue weighted by atomic mass is 16.2. The first-order valence-corrected chi connectivity index (χ1v) is 11.3. The van der Waals surface area contributed by atoms with E-state index in [1.807, 2.05) is 37.8 Å². The predicted octanol–water partition coefficient (Wildman–Crippen LogP) is 1.96. The van der Waals surface area contributed by atoms with Gasteiger partial charge in [0.1, 0.15) is 0 Å². The molecular weight excluding hydrogens is 394 g/mol. The van der Waals surface area contributed by atoms with Crippen LogP contribution in [0, 0.1) is 19.3 Å². The standard InChI is InChI=1S/C23H33N5O3/c1-5-23(21(30)24-8-9-27-11-10-26(4)22(27)31)14-18-6-7-19(23)28(18)20(29)17-12-15(2)25-16(3)13-17/h12-13,18-19H,5-11,14H2,1-4H3,(H,24,30)/t18-,19+,23+/m1/s1. The van der Waals surface area contributed by atoms with Gasteiger partial charge in [-0.25, -0.2) is 4.79 Å². The Morgan fingerprint density at radius 1 is 1.19 bits per heavy atom. The summed E-state index contributed by atoms with van der Waals surface area (Å²) in [6.07, 6.45) is 3.21. The Hall–Kier alpha value is -2.64. The minimum atomic E-state index is -0.554. The lowest BCUT2D eigenvalue weighted by Gasteiger charge is -2.35. The monoisotopic (exact) mass is 427 g/mol. The zero-order valence-electron chi connectivity index (χ0n) is 19.0. The molecule has 1 aromatic rings. The lowest BCUT2D eigenvalue weighted by molar-refractivity contribution is -0.133. The van der Waals surface area contributed by atoms with E-state index >= 15 is 0 Å². The molecule has 0 unspecified atom stereocenters. The van der Waals surface area contributed by atoms with Crippen LogP contribution in [0.1, 0.15) is 54.4 Å². The van der Waals surface area contributed by atoms with E-state index in [1.54, 1.807) is 16.8 Å². The molecule has 1 aromatic heterocycles. The van der Waals surface area contributed by atoms with Gasteiger partial charge in [-0.1, -0.05) is 6.92 Å². The molecule has 4 heterocycles. The third-order valence-electron chi connectivity index (χ3n) is 7.36.